The molecule has 4 N–H and O–H groups in total. The van der Waals surface area contributed by atoms with Crippen molar-refractivity contribution in [2.24, 2.45) is 5.84 Å². The average Bonchev–Trinajstić information content (AvgIpc) is 2.40. The fraction of sp³-hybridized carbons (Fsp3) is 0.231. The third-order valence-electron chi connectivity index (χ3n) is 2.59. The first kappa shape index (κ1) is 12.3. The summed E-state index contributed by atoms with van der Waals surface area (Å²) in [5.41, 5.74) is 3.79. The SMILES string of the molecule is CC(Cc1ccccc1)Nc1cc(NN)ncn1. The Labute approximate surface area is 106 Å². The van der Waals surface area contributed by atoms with Crippen LogP contribution in [0, 0.1) is 0 Å². The average molecular weight is 243 g/mol. The molecule has 0 aliphatic heterocycles. The van der Waals surface area contributed by atoms with E-state index < -0.39 is 0 Å². The monoisotopic (exact) mass is 243 g/mol. The van der Waals surface area contributed by atoms with Crippen LogP contribution >= 0.6 is 0 Å². The molecule has 1 unspecified atom stereocenters. The molecule has 0 saturated heterocycles. The van der Waals surface area contributed by atoms with Gasteiger partial charge in [-0.2, -0.15) is 0 Å². The molecule has 0 saturated carbocycles. The van der Waals surface area contributed by atoms with E-state index in [1.807, 2.05) is 18.2 Å². The second-order valence-corrected chi connectivity index (χ2v) is 4.17. The van der Waals surface area contributed by atoms with Crippen LogP contribution < -0.4 is 16.6 Å². The van der Waals surface area contributed by atoms with E-state index in [0.29, 0.717) is 5.82 Å². The van der Waals surface area contributed by atoms with Crippen molar-refractivity contribution in [1.82, 2.24) is 9.97 Å². The topological polar surface area (TPSA) is 75.9 Å². The van der Waals surface area contributed by atoms with E-state index in [-0.39, 0.29) is 6.04 Å². The fourth-order valence-corrected chi connectivity index (χ4v) is 1.79. The molecule has 1 atom stereocenters. The van der Waals surface area contributed by atoms with Gasteiger partial charge in [0.2, 0.25) is 0 Å². The summed E-state index contributed by atoms with van der Waals surface area (Å²) in [7, 11) is 0. The minimum absolute atomic E-state index is 0.285. The Kier molecular flexibility index (Phi) is 4.09. The highest BCUT2D eigenvalue weighted by Crippen LogP contribution is 2.11. The van der Waals surface area contributed by atoms with Crippen molar-refractivity contribution in [2.45, 2.75) is 19.4 Å². The highest BCUT2D eigenvalue weighted by molar-refractivity contribution is 5.46. The lowest BCUT2D eigenvalue weighted by Crippen LogP contribution is -2.19. The first-order valence-electron chi connectivity index (χ1n) is 5.87. The summed E-state index contributed by atoms with van der Waals surface area (Å²) in [6.07, 6.45) is 2.42. The molecule has 2 aromatic rings. The van der Waals surface area contributed by atoms with Gasteiger partial charge in [0.05, 0.1) is 0 Å². The van der Waals surface area contributed by atoms with E-state index in [1.165, 1.54) is 11.9 Å². The normalized spacial score (nSPS) is 11.9. The van der Waals surface area contributed by atoms with Crippen molar-refractivity contribution in [3.8, 4) is 0 Å². The van der Waals surface area contributed by atoms with Crippen molar-refractivity contribution in [1.29, 1.82) is 0 Å². The quantitative estimate of drug-likeness (QED) is 0.551. The van der Waals surface area contributed by atoms with Gasteiger partial charge in [0.25, 0.3) is 0 Å². The van der Waals surface area contributed by atoms with Crippen LogP contribution in [0.15, 0.2) is 42.7 Å². The summed E-state index contributed by atoms with van der Waals surface area (Å²) in [5, 5.41) is 3.32. The maximum Gasteiger partial charge on any atom is 0.145 e. The Bertz CT molecular complexity index is 486. The van der Waals surface area contributed by atoms with Gasteiger partial charge >= 0.3 is 0 Å². The molecule has 18 heavy (non-hydrogen) atoms. The second kappa shape index (κ2) is 5.97. The lowest BCUT2D eigenvalue weighted by Gasteiger charge is -2.14. The third-order valence-corrected chi connectivity index (χ3v) is 2.59. The zero-order chi connectivity index (χ0) is 12.8. The zero-order valence-electron chi connectivity index (χ0n) is 10.3. The van der Waals surface area contributed by atoms with Crippen LogP contribution in [-0.4, -0.2) is 16.0 Å². The summed E-state index contributed by atoms with van der Waals surface area (Å²) in [6.45, 7) is 2.12. The van der Waals surface area contributed by atoms with Gasteiger partial charge in [-0.05, 0) is 18.9 Å². The molecule has 2 rings (SSSR count). The highest BCUT2D eigenvalue weighted by atomic mass is 15.3. The Morgan fingerprint density at radius 3 is 2.61 bits per heavy atom. The molecule has 0 bridgehead atoms. The molecule has 0 spiro atoms. The van der Waals surface area contributed by atoms with E-state index in [4.69, 9.17) is 5.84 Å². The van der Waals surface area contributed by atoms with Gasteiger partial charge in [0.15, 0.2) is 0 Å². The zero-order valence-corrected chi connectivity index (χ0v) is 10.3. The van der Waals surface area contributed by atoms with Gasteiger partial charge in [-0.1, -0.05) is 30.3 Å². The number of hydrogen-bond donors (Lipinski definition) is 3. The van der Waals surface area contributed by atoms with E-state index in [1.54, 1.807) is 6.07 Å². The Hall–Kier alpha value is -2.14. The van der Waals surface area contributed by atoms with Gasteiger partial charge < -0.3 is 10.7 Å². The Morgan fingerprint density at radius 1 is 1.17 bits per heavy atom. The Morgan fingerprint density at radius 2 is 1.89 bits per heavy atom. The van der Waals surface area contributed by atoms with Crippen LogP contribution in [-0.2, 0) is 6.42 Å². The van der Waals surface area contributed by atoms with Gasteiger partial charge in [0, 0.05) is 12.1 Å². The van der Waals surface area contributed by atoms with Crippen molar-refractivity contribution in [3.63, 3.8) is 0 Å². The lowest BCUT2D eigenvalue weighted by atomic mass is 10.1. The first-order valence-corrected chi connectivity index (χ1v) is 5.87. The van der Waals surface area contributed by atoms with Crippen molar-refractivity contribution < 1.29 is 0 Å². The first-order chi connectivity index (χ1) is 8.78. The molecule has 0 fully saturated rings. The number of hydrazine groups is 1. The molecule has 0 aliphatic carbocycles. The maximum absolute atomic E-state index is 5.31. The van der Waals surface area contributed by atoms with Gasteiger partial charge in [-0.15, -0.1) is 0 Å². The number of aromatic nitrogens is 2. The summed E-state index contributed by atoms with van der Waals surface area (Å²) < 4.78 is 0. The number of nitrogens with two attached hydrogens (primary N) is 1. The number of anilines is 2. The molecular weight excluding hydrogens is 226 g/mol. The van der Waals surface area contributed by atoms with Crippen LogP contribution in [0.1, 0.15) is 12.5 Å². The van der Waals surface area contributed by atoms with Gasteiger partial charge in [-0.3, -0.25) is 0 Å². The minimum Gasteiger partial charge on any atom is -0.367 e. The maximum atomic E-state index is 5.31. The molecule has 94 valence electrons. The largest absolute Gasteiger partial charge is 0.367 e. The Balaban J connectivity index is 1.96. The molecule has 5 nitrogen and oxygen atoms in total. The molecular formula is C13H17N5. The standard InChI is InChI=1S/C13H17N5/c1-10(7-11-5-3-2-4-6-11)17-12-8-13(18-14)16-9-15-12/h2-6,8-10H,7,14H2,1H3,(H2,15,16,17,18). The number of benzene rings is 1. The number of hydrogen-bond acceptors (Lipinski definition) is 5. The van der Waals surface area contributed by atoms with Crippen LogP contribution in [0.25, 0.3) is 0 Å². The predicted molar refractivity (Wildman–Crippen MR) is 73.1 cm³/mol. The number of rotatable bonds is 5. The van der Waals surface area contributed by atoms with E-state index >= 15 is 0 Å². The smallest absolute Gasteiger partial charge is 0.145 e. The summed E-state index contributed by atoms with van der Waals surface area (Å²) in [5.74, 6) is 6.67. The molecule has 1 aromatic carbocycles. The third kappa shape index (κ3) is 3.43. The summed E-state index contributed by atoms with van der Waals surface area (Å²) in [6, 6.07) is 12.4. The van der Waals surface area contributed by atoms with Crippen molar-refractivity contribution in [3.05, 3.63) is 48.3 Å². The number of nitrogens with one attached hydrogen (secondary N) is 2. The van der Waals surface area contributed by atoms with Crippen LogP contribution in [0.2, 0.25) is 0 Å². The fourth-order valence-electron chi connectivity index (χ4n) is 1.79. The van der Waals surface area contributed by atoms with Gasteiger partial charge in [-0.25, -0.2) is 15.8 Å². The number of nitrogen functional groups attached to an aromatic ring is 1. The molecule has 1 heterocycles. The van der Waals surface area contributed by atoms with Crippen LogP contribution in [0.5, 0.6) is 0 Å². The molecule has 5 heteroatoms. The highest BCUT2D eigenvalue weighted by Gasteiger charge is 2.04. The molecule has 1 aromatic heterocycles. The molecule has 0 radical (unpaired) electrons. The van der Waals surface area contributed by atoms with E-state index in [0.717, 1.165) is 12.2 Å². The minimum atomic E-state index is 0.285. The summed E-state index contributed by atoms with van der Waals surface area (Å²) >= 11 is 0. The second-order valence-electron chi connectivity index (χ2n) is 4.17. The number of nitrogens with zero attached hydrogens (tertiary/aromatic N) is 2. The predicted octanol–water partition coefficient (Wildman–Crippen LogP) is 1.81. The van der Waals surface area contributed by atoms with E-state index in [2.05, 4.69) is 39.8 Å². The van der Waals surface area contributed by atoms with Crippen molar-refractivity contribution >= 4 is 11.6 Å². The molecule has 0 aliphatic rings. The van der Waals surface area contributed by atoms with E-state index in [9.17, 15) is 0 Å². The summed E-state index contributed by atoms with van der Waals surface area (Å²) in [4.78, 5) is 8.11. The lowest BCUT2D eigenvalue weighted by molar-refractivity contribution is 0.783. The van der Waals surface area contributed by atoms with Crippen LogP contribution in [0.3, 0.4) is 0 Å². The van der Waals surface area contributed by atoms with Crippen molar-refractivity contribution in [2.75, 3.05) is 10.7 Å². The van der Waals surface area contributed by atoms with Crippen LogP contribution in [0.4, 0.5) is 11.6 Å². The molecule has 0 amide bonds. The van der Waals surface area contributed by atoms with Gasteiger partial charge in [0.1, 0.15) is 18.0 Å².